The van der Waals surface area contributed by atoms with Gasteiger partial charge in [0.25, 0.3) is 5.69 Å². The molecule has 1 rings (SSSR count). The van der Waals surface area contributed by atoms with E-state index in [2.05, 4.69) is 5.32 Å². The van der Waals surface area contributed by atoms with Crippen LogP contribution in [0.5, 0.6) is 0 Å². The zero-order chi connectivity index (χ0) is 13.2. The standard InChI is InChI=1S/C12H18N2O3/c1-8-5-6-10(14(16)17)7-11(8)13-9(2)12(3,4)15/h5-7,9,13,15H,1-4H3. The van der Waals surface area contributed by atoms with Crippen LogP contribution in [-0.2, 0) is 0 Å². The van der Waals surface area contributed by atoms with Gasteiger partial charge in [-0.05, 0) is 33.3 Å². The lowest BCUT2D eigenvalue weighted by molar-refractivity contribution is -0.384. The second-order valence-electron chi connectivity index (χ2n) is 4.78. The number of nitro benzene ring substituents is 1. The minimum Gasteiger partial charge on any atom is -0.388 e. The fraction of sp³-hybridized carbons (Fsp3) is 0.500. The highest BCUT2D eigenvalue weighted by atomic mass is 16.6. The first-order valence-corrected chi connectivity index (χ1v) is 5.46. The van der Waals surface area contributed by atoms with Gasteiger partial charge in [0.15, 0.2) is 0 Å². The van der Waals surface area contributed by atoms with Crippen molar-refractivity contribution in [2.24, 2.45) is 0 Å². The van der Waals surface area contributed by atoms with Gasteiger partial charge in [0.05, 0.1) is 16.6 Å². The normalized spacial score (nSPS) is 13.2. The molecule has 0 heterocycles. The molecule has 5 nitrogen and oxygen atoms in total. The number of anilines is 1. The van der Waals surface area contributed by atoms with Crippen molar-refractivity contribution in [3.05, 3.63) is 33.9 Å². The largest absolute Gasteiger partial charge is 0.388 e. The Balaban J connectivity index is 2.98. The van der Waals surface area contributed by atoms with E-state index < -0.39 is 10.5 Å². The molecule has 0 amide bonds. The summed E-state index contributed by atoms with van der Waals surface area (Å²) >= 11 is 0. The Labute approximate surface area is 101 Å². The van der Waals surface area contributed by atoms with E-state index in [4.69, 9.17) is 0 Å². The summed E-state index contributed by atoms with van der Waals surface area (Å²) in [5.41, 5.74) is 0.735. The van der Waals surface area contributed by atoms with Crippen molar-refractivity contribution in [2.45, 2.75) is 39.3 Å². The number of non-ortho nitro benzene ring substituents is 1. The van der Waals surface area contributed by atoms with E-state index in [0.717, 1.165) is 5.56 Å². The molecule has 17 heavy (non-hydrogen) atoms. The minimum absolute atomic E-state index is 0.0426. The molecule has 1 aromatic rings. The maximum Gasteiger partial charge on any atom is 0.271 e. The van der Waals surface area contributed by atoms with Crippen LogP contribution in [0.3, 0.4) is 0 Å². The first-order valence-electron chi connectivity index (χ1n) is 5.46. The van der Waals surface area contributed by atoms with Crippen LogP contribution >= 0.6 is 0 Å². The quantitative estimate of drug-likeness (QED) is 0.624. The maximum absolute atomic E-state index is 10.7. The lowest BCUT2D eigenvalue weighted by atomic mass is 10.00. The Hall–Kier alpha value is -1.62. The molecule has 94 valence electrons. The molecule has 5 heteroatoms. The molecule has 1 atom stereocenters. The van der Waals surface area contributed by atoms with Gasteiger partial charge in [-0.25, -0.2) is 0 Å². The molecular weight excluding hydrogens is 220 g/mol. The zero-order valence-electron chi connectivity index (χ0n) is 10.5. The topological polar surface area (TPSA) is 75.4 Å². The SMILES string of the molecule is Cc1ccc([N+](=O)[O-])cc1NC(C)C(C)(C)O. The summed E-state index contributed by atoms with van der Waals surface area (Å²) in [6.07, 6.45) is 0. The van der Waals surface area contributed by atoms with Gasteiger partial charge in [-0.3, -0.25) is 10.1 Å². The molecule has 0 aliphatic rings. The molecule has 0 saturated heterocycles. The van der Waals surface area contributed by atoms with Crippen LogP contribution < -0.4 is 5.32 Å². The number of benzene rings is 1. The Bertz CT molecular complexity index is 424. The second kappa shape index (κ2) is 4.71. The first-order chi connectivity index (χ1) is 7.71. The molecule has 0 fully saturated rings. The average Bonchev–Trinajstić information content (AvgIpc) is 2.19. The first kappa shape index (κ1) is 13.4. The molecule has 1 unspecified atom stereocenters. The third kappa shape index (κ3) is 3.42. The molecule has 0 spiro atoms. The summed E-state index contributed by atoms with van der Waals surface area (Å²) < 4.78 is 0. The predicted octanol–water partition coefficient (Wildman–Crippen LogP) is 2.47. The van der Waals surface area contributed by atoms with Crippen molar-refractivity contribution in [1.29, 1.82) is 0 Å². The molecule has 0 aromatic heterocycles. The van der Waals surface area contributed by atoms with Crippen LogP contribution in [-0.4, -0.2) is 21.7 Å². The monoisotopic (exact) mass is 238 g/mol. The predicted molar refractivity (Wildman–Crippen MR) is 67.2 cm³/mol. The van der Waals surface area contributed by atoms with Crippen molar-refractivity contribution < 1.29 is 10.0 Å². The van der Waals surface area contributed by atoms with E-state index in [9.17, 15) is 15.2 Å². The summed E-state index contributed by atoms with van der Waals surface area (Å²) in [5, 5.41) is 23.6. The van der Waals surface area contributed by atoms with Crippen LogP contribution in [0.25, 0.3) is 0 Å². The van der Waals surface area contributed by atoms with E-state index in [1.54, 1.807) is 19.9 Å². The molecule has 0 aliphatic heterocycles. The fourth-order valence-electron chi connectivity index (χ4n) is 1.29. The van der Waals surface area contributed by atoms with Gasteiger partial charge >= 0.3 is 0 Å². The van der Waals surface area contributed by atoms with Crippen LogP contribution in [0.4, 0.5) is 11.4 Å². The third-order valence-electron chi connectivity index (χ3n) is 2.86. The van der Waals surface area contributed by atoms with Crippen molar-refractivity contribution in [1.82, 2.24) is 0 Å². The number of aliphatic hydroxyl groups is 1. The van der Waals surface area contributed by atoms with Gasteiger partial charge in [-0.1, -0.05) is 6.07 Å². The van der Waals surface area contributed by atoms with Crippen molar-refractivity contribution >= 4 is 11.4 Å². The van der Waals surface area contributed by atoms with Gasteiger partial charge in [0.1, 0.15) is 0 Å². The molecule has 2 N–H and O–H groups in total. The lowest BCUT2D eigenvalue weighted by Gasteiger charge is -2.28. The van der Waals surface area contributed by atoms with Crippen LogP contribution in [0.15, 0.2) is 18.2 Å². The Morgan fingerprint density at radius 3 is 2.53 bits per heavy atom. The number of hydrogen-bond acceptors (Lipinski definition) is 4. The summed E-state index contributed by atoms with van der Waals surface area (Å²) in [6.45, 7) is 7.08. The second-order valence-corrected chi connectivity index (χ2v) is 4.78. The number of aryl methyl sites for hydroxylation is 1. The number of nitrogens with one attached hydrogen (secondary N) is 1. The lowest BCUT2D eigenvalue weighted by Crippen LogP contribution is -2.39. The van der Waals surface area contributed by atoms with Gasteiger partial charge in [0.2, 0.25) is 0 Å². The summed E-state index contributed by atoms with van der Waals surface area (Å²) in [7, 11) is 0. The number of hydrogen-bond donors (Lipinski definition) is 2. The van der Waals surface area contributed by atoms with Gasteiger partial charge in [0, 0.05) is 17.8 Å². The summed E-state index contributed by atoms with van der Waals surface area (Å²) in [4.78, 5) is 10.2. The Morgan fingerprint density at radius 2 is 2.06 bits per heavy atom. The van der Waals surface area contributed by atoms with E-state index in [-0.39, 0.29) is 11.7 Å². The van der Waals surface area contributed by atoms with Crippen molar-refractivity contribution in [3.8, 4) is 0 Å². The number of nitrogens with zero attached hydrogens (tertiary/aromatic N) is 1. The van der Waals surface area contributed by atoms with Gasteiger partial charge < -0.3 is 10.4 Å². The maximum atomic E-state index is 10.7. The highest BCUT2D eigenvalue weighted by Gasteiger charge is 2.23. The van der Waals surface area contributed by atoms with Crippen LogP contribution in [0, 0.1) is 17.0 Å². The Kier molecular flexibility index (Phi) is 3.72. The highest BCUT2D eigenvalue weighted by molar-refractivity contribution is 5.57. The van der Waals surface area contributed by atoms with Crippen molar-refractivity contribution in [2.75, 3.05) is 5.32 Å². The highest BCUT2D eigenvalue weighted by Crippen LogP contribution is 2.24. The van der Waals surface area contributed by atoms with Crippen molar-refractivity contribution in [3.63, 3.8) is 0 Å². The molecule has 0 bridgehead atoms. The number of nitro groups is 1. The molecular formula is C12H18N2O3. The van der Waals surface area contributed by atoms with E-state index in [1.807, 2.05) is 13.8 Å². The van der Waals surface area contributed by atoms with Gasteiger partial charge in [-0.15, -0.1) is 0 Å². The average molecular weight is 238 g/mol. The van der Waals surface area contributed by atoms with Gasteiger partial charge in [-0.2, -0.15) is 0 Å². The minimum atomic E-state index is -0.892. The summed E-state index contributed by atoms with van der Waals surface area (Å²) in [6, 6.07) is 4.44. The van der Waals surface area contributed by atoms with E-state index in [0.29, 0.717) is 5.69 Å². The van der Waals surface area contributed by atoms with E-state index >= 15 is 0 Å². The molecule has 0 radical (unpaired) electrons. The summed E-state index contributed by atoms with van der Waals surface area (Å²) in [5.74, 6) is 0. The fourth-order valence-corrected chi connectivity index (χ4v) is 1.29. The Morgan fingerprint density at radius 1 is 1.47 bits per heavy atom. The van der Waals surface area contributed by atoms with Crippen LogP contribution in [0.1, 0.15) is 26.3 Å². The molecule has 0 aliphatic carbocycles. The van der Waals surface area contributed by atoms with Crippen LogP contribution in [0.2, 0.25) is 0 Å². The third-order valence-corrected chi connectivity index (χ3v) is 2.86. The number of rotatable bonds is 4. The van der Waals surface area contributed by atoms with E-state index in [1.165, 1.54) is 12.1 Å². The molecule has 1 aromatic carbocycles. The molecule has 0 saturated carbocycles. The smallest absolute Gasteiger partial charge is 0.271 e. The zero-order valence-corrected chi connectivity index (χ0v) is 10.5.